The molecule has 0 unspecified atom stereocenters. The number of aromatic nitrogens is 1. The van der Waals surface area contributed by atoms with Crippen molar-refractivity contribution in [2.75, 3.05) is 5.32 Å². The van der Waals surface area contributed by atoms with E-state index in [2.05, 4.69) is 26.2 Å². The highest BCUT2D eigenvalue weighted by Crippen LogP contribution is 2.26. The molecule has 0 fully saturated rings. The van der Waals surface area contributed by atoms with E-state index >= 15 is 0 Å². The number of anilines is 1. The van der Waals surface area contributed by atoms with Crippen LogP contribution in [0, 0.1) is 0 Å². The van der Waals surface area contributed by atoms with Gasteiger partial charge in [0.25, 0.3) is 5.91 Å². The first-order valence-electron chi connectivity index (χ1n) is 6.35. The lowest BCUT2D eigenvalue weighted by Crippen LogP contribution is -2.10. The second-order valence-corrected chi connectivity index (χ2v) is 6.87. The Labute approximate surface area is 144 Å². The molecule has 2 heterocycles. The molecule has 1 N–H and O–H groups in total. The summed E-state index contributed by atoms with van der Waals surface area (Å²) in [7, 11) is 0. The molecule has 22 heavy (non-hydrogen) atoms. The van der Waals surface area contributed by atoms with Crippen LogP contribution in [0.3, 0.4) is 0 Å². The summed E-state index contributed by atoms with van der Waals surface area (Å²) in [5.74, 6) is -0.0472. The van der Waals surface area contributed by atoms with Crippen molar-refractivity contribution in [3.8, 4) is 0 Å². The van der Waals surface area contributed by atoms with Crippen molar-refractivity contribution in [2.45, 2.75) is 6.42 Å². The predicted octanol–water partition coefficient (Wildman–Crippen LogP) is 5.00. The highest BCUT2D eigenvalue weighted by molar-refractivity contribution is 9.10. The van der Waals surface area contributed by atoms with Crippen LogP contribution in [0.25, 0.3) is 0 Å². The molecule has 2 aromatic heterocycles. The largest absolute Gasteiger partial charge is 0.459 e. The number of halogens is 2. The van der Waals surface area contributed by atoms with Gasteiger partial charge in [0.1, 0.15) is 0 Å². The van der Waals surface area contributed by atoms with Gasteiger partial charge in [-0.3, -0.25) is 10.1 Å². The zero-order valence-corrected chi connectivity index (χ0v) is 14.3. The first-order chi connectivity index (χ1) is 10.6. The number of carbonyl (C=O) groups is 1. The van der Waals surface area contributed by atoms with Crippen molar-refractivity contribution < 1.29 is 9.21 Å². The fourth-order valence-corrected chi connectivity index (χ4v) is 3.16. The van der Waals surface area contributed by atoms with Gasteiger partial charge in [0.15, 0.2) is 10.9 Å². The summed E-state index contributed by atoms with van der Waals surface area (Å²) in [6.45, 7) is 0. The lowest BCUT2D eigenvalue weighted by atomic mass is 10.1. The van der Waals surface area contributed by atoms with Gasteiger partial charge in [-0.25, -0.2) is 4.98 Å². The topological polar surface area (TPSA) is 55.1 Å². The summed E-state index contributed by atoms with van der Waals surface area (Å²) in [6.07, 6.45) is 3.92. The maximum atomic E-state index is 11.9. The Morgan fingerprint density at radius 1 is 1.41 bits per heavy atom. The number of carbonyl (C=O) groups excluding carboxylic acids is 1. The van der Waals surface area contributed by atoms with E-state index in [0.29, 0.717) is 16.6 Å². The third kappa shape index (κ3) is 3.58. The first kappa shape index (κ1) is 15.3. The van der Waals surface area contributed by atoms with Gasteiger partial charge in [0.2, 0.25) is 0 Å². The van der Waals surface area contributed by atoms with Gasteiger partial charge >= 0.3 is 0 Å². The number of rotatable bonds is 4. The first-order valence-corrected chi connectivity index (χ1v) is 8.34. The van der Waals surface area contributed by atoms with Gasteiger partial charge < -0.3 is 4.42 Å². The van der Waals surface area contributed by atoms with Crippen LogP contribution in [-0.2, 0) is 6.42 Å². The zero-order chi connectivity index (χ0) is 15.5. The van der Waals surface area contributed by atoms with E-state index in [0.717, 1.165) is 14.9 Å². The molecule has 4 nitrogen and oxygen atoms in total. The number of thiazole rings is 1. The number of nitrogens with zero attached hydrogens (tertiary/aromatic N) is 1. The van der Waals surface area contributed by atoms with Crippen molar-refractivity contribution in [1.29, 1.82) is 0 Å². The Balaban J connectivity index is 1.68. The molecule has 0 aliphatic heterocycles. The van der Waals surface area contributed by atoms with Crippen LogP contribution in [0.15, 0.2) is 51.7 Å². The Bertz CT molecular complexity index is 802. The number of nitrogens with one attached hydrogen (secondary N) is 1. The standard InChI is InChI=1S/C15H10BrClN2O2S/c16-11-4-3-9(7-12(11)17)6-10-8-18-15(22-10)19-14(20)13-2-1-5-21-13/h1-5,7-8H,6H2,(H,18,19,20). The van der Waals surface area contributed by atoms with Crippen molar-refractivity contribution in [3.63, 3.8) is 0 Å². The zero-order valence-electron chi connectivity index (χ0n) is 11.2. The quantitative estimate of drug-likeness (QED) is 0.674. The summed E-state index contributed by atoms with van der Waals surface area (Å²) < 4.78 is 5.91. The molecule has 1 amide bonds. The Hall–Kier alpha value is -1.63. The third-order valence-electron chi connectivity index (χ3n) is 2.88. The maximum absolute atomic E-state index is 11.9. The molecule has 0 radical (unpaired) electrons. The molecule has 0 saturated heterocycles. The lowest BCUT2D eigenvalue weighted by Gasteiger charge is -2.01. The van der Waals surface area contributed by atoms with Crippen LogP contribution in [0.5, 0.6) is 0 Å². The summed E-state index contributed by atoms with van der Waals surface area (Å²) in [5.41, 5.74) is 1.08. The maximum Gasteiger partial charge on any atom is 0.293 e. The van der Waals surface area contributed by atoms with Crippen LogP contribution < -0.4 is 5.32 Å². The smallest absolute Gasteiger partial charge is 0.293 e. The molecule has 3 aromatic rings. The van der Waals surface area contributed by atoms with E-state index in [1.54, 1.807) is 18.3 Å². The normalized spacial score (nSPS) is 10.6. The molecule has 3 rings (SSSR count). The molecule has 1 aromatic carbocycles. The minimum atomic E-state index is -0.308. The summed E-state index contributed by atoms with van der Waals surface area (Å²) in [5, 5.41) is 3.93. The van der Waals surface area contributed by atoms with Gasteiger partial charge in [-0.2, -0.15) is 0 Å². The number of benzene rings is 1. The summed E-state index contributed by atoms with van der Waals surface area (Å²) in [4.78, 5) is 17.1. The van der Waals surface area contributed by atoms with Crippen LogP contribution in [-0.4, -0.2) is 10.9 Å². The third-order valence-corrected chi connectivity index (χ3v) is 5.03. The molecule has 7 heteroatoms. The number of furan rings is 1. The summed E-state index contributed by atoms with van der Waals surface area (Å²) in [6, 6.07) is 9.09. The fraction of sp³-hybridized carbons (Fsp3) is 0.0667. The minimum Gasteiger partial charge on any atom is -0.459 e. The lowest BCUT2D eigenvalue weighted by molar-refractivity contribution is 0.0996. The molecule has 0 spiro atoms. The van der Waals surface area contributed by atoms with E-state index in [1.165, 1.54) is 17.6 Å². The highest BCUT2D eigenvalue weighted by Gasteiger charge is 2.11. The van der Waals surface area contributed by atoms with Crippen molar-refractivity contribution in [1.82, 2.24) is 4.98 Å². The van der Waals surface area contributed by atoms with Crippen LogP contribution in [0.2, 0.25) is 5.02 Å². The Morgan fingerprint density at radius 2 is 2.27 bits per heavy atom. The van der Waals surface area contributed by atoms with E-state index in [9.17, 15) is 4.79 Å². The molecule has 0 saturated carbocycles. The number of hydrogen-bond donors (Lipinski definition) is 1. The van der Waals surface area contributed by atoms with E-state index in [4.69, 9.17) is 16.0 Å². The molecule has 0 atom stereocenters. The molecule has 0 aliphatic rings. The highest BCUT2D eigenvalue weighted by atomic mass is 79.9. The number of hydrogen-bond acceptors (Lipinski definition) is 4. The van der Waals surface area contributed by atoms with E-state index in [-0.39, 0.29) is 11.7 Å². The van der Waals surface area contributed by atoms with Gasteiger partial charge in [-0.1, -0.05) is 17.7 Å². The average molecular weight is 398 g/mol. The van der Waals surface area contributed by atoms with Crippen LogP contribution in [0.4, 0.5) is 5.13 Å². The van der Waals surface area contributed by atoms with Crippen molar-refractivity contribution >= 4 is 49.9 Å². The molecular weight excluding hydrogens is 388 g/mol. The monoisotopic (exact) mass is 396 g/mol. The predicted molar refractivity (Wildman–Crippen MR) is 90.7 cm³/mol. The van der Waals surface area contributed by atoms with Gasteiger partial charge in [0, 0.05) is 22.0 Å². The second-order valence-electron chi connectivity index (χ2n) is 4.49. The second kappa shape index (κ2) is 6.64. The van der Waals surface area contributed by atoms with Crippen LogP contribution in [0.1, 0.15) is 21.0 Å². The molecule has 112 valence electrons. The molecular formula is C15H10BrClN2O2S. The Kier molecular flexibility index (Phi) is 4.61. The van der Waals surface area contributed by atoms with E-state index in [1.807, 2.05) is 18.2 Å². The minimum absolute atomic E-state index is 0.261. The van der Waals surface area contributed by atoms with E-state index < -0.39 is 0 Å². The fourth-order valence-electron chi connectivity index (χ4n) is 1.86. The van der Waals surface area contributed by atoms with Crippen molar-refractivity contribution in [2.24, 2.45) is 0 Å². The van der Waals surface area contributed by atoms with Gasteiger partial charge in [0.05, 0.1) is 11.3 Å². The molecule has 0 aliphatic carbocycles. The molecule has 0 bridgehead atoms. The number of amides is 1. The SMILES string of the molecule is O=C(Nc1ncc(Cc2ccc(Br)c(Cl)c2)s1)c1ccco1. The Morgan fingerprint density at radius 3 is 3.00 bits per heavy atom. The van der Waals surface area contributed by atoms with Gasteiger partial charge in [-0.15, -0.1) is 11.3 Å². The van der Waals surface area contributed by atoms with Crippen molar-refractivity contribution in [3.05, 3.63) is 68.5 Å². The van der Waals surface area contributed by atoms with Gasteiger partial charge in [-0.05, 0) is 45.8 Å². The summed E-state index contributed by atoms with van der Waals surface area (Å²) >= 11 is 10.9. The average Bonchev–Trinajstić information content (AvgIpc) is 3.15. The van der Waals surface area contributed by atoms with Crippen LogP contribution >= 0.6 is 38.9 Å².